The van der Waals surface area contributed by atoms with Crippen molar-refractivity contribution < 1.29 is 29.0 Å². The van der Waals surface area contributed by atoms with E-state index in [1.165, 1.54) is 4.90 Å². The van der Waals surface area contributed by atoms with Gasteiger partial charge in [0, 0.05) is 17.8 Å². The maximum Gasteiger partial charge on any atom is 0.408 e. The number of anilines is 1. The predicted molar refractivity (Wildman–Crippen MR) is 152 cm³/mol. The van der Waals surface area contributed by atoms with Crippen LogP contribution in [-0.4, -0.2) is 53.7 Å². The fourth-order valence-electron chi connectivity index (χ4n) is 4.08. The van der Waals surface area contributed by atoms with Gasteiger partial charge in [0.1, 0.15) is 29.7 Å². The van der Waals surface area contributed by atoms with Gasteiger partial charge in [0.15, 0.2) is 0 Å². The number of hydrogen-bond donors (Lipinski definition) is 3. The Bertz CT molecular complexity index is 1090. The van der Waals surface area contributed by atoms with E-state index in [0.717, 1.165) is 25.7 Å². The second-order valence-electron chi connectivity index (χ2n) is 10.5. The molecule has 3 N–H and O–H groups in total. The maximum atomic E-state index is 13.8. The number of para-hydroxylation sites is 1. The van der Waals surface area contributed by atoms with E-state index >= 15 is 0 Å². The highest BCUT2D eigenvalue weighted by Crippen LogP contribution is 2.33. The number of alkyl carbamates (subject to hydrolysis) is 1. The van der Waals surface area contributed by atoms with Crippen LogP contribution in [0.2, 0.25) is 0 Å². The summed E-state index contributed by atoms with van der Waals surface area (Å²) in [6, 6.07) is 10.8. The second-order valence-corrected chi connectivity index (χ2v) is 10.5. The van der Waals surface area contributed by atoms with Gasteiger partial charge in [0.05, 0.1) is 7.11 Å². The summed E-state index contributed by atoms with van der Waals surface area (Å²) in [4.78, 5) is 41.0. The number of hydrogen-bond acceptors (Lipinski definition) is 6. The molecule has 0 aromatic heterocycles. The van der Waals surface area contributed by atoms with Gasteiger partial charge in [-0.25, -0.2) is 4.79 Å². The lowest BCUT2D eigenvalue weighted by Gasteiger charge is -2.32. The van der Waals surface area contributed by atoms with Gasteiger partial charge in [-0.05, 0) is 63.9 Å². The molecule has 9 nitrogen and oxygen atoms in total. The largest absolute Gasteiger partial charge is 0.507 e. The number of aromatic hydroxyl groups is 1. The molecule has 0 fully saturated rings. The normalized spacial score (nSPS) is 11.8. The second kappa shape index (κ2) is 15.0. The third-order valence-electron chi connectivity index (χ3n) is 6.09. The summed E-state index contributed by atoms with van der Waals surface area (Å²) in [5.41, 5.74) is 0.678. The summed E-state index contributed by atoms with van der Waals surface area (Å²) < 4.78 is 10.5. The quantitative estimate of drug-likeness (QED) is 0.280. The van der Waals surface area contributed by atoms with Gasteiger partial charge < -0.3 is 30.1 Å². The first-order valence-corrected chi connectivity index (χ1v) is 13.5. The summed E-state index contributed by atoms with van der Waals surface area (Å²) in [5.74, 6) is -0.373. The van der Waals surface area contributed by atoms with Crippen LogP contribution in [0.5, 0.6) is 11.5 Å². The molecular weight excluding hydrogens is 498 g/mol. The van der Waals surface area contributed by atoms with Crippen molar-refractivity contribution in [3.05, 3.63) is 53.6 Å². The number of methoxy groups -OCH3 is 1. The molecule has 0 saturated carbocycles. The van der Waals surface area contributed by atoms with Crippen molar-refractivity contribution in [2.45, 2.75) is 78.4 Å². The molecule has 0 saturated heterocycles. The minimum absolute atomic E-state index is 0.0590. The molecule has 0 heterocycles. The monoisotopic (exact) mass is 541 g/mol. The first-order valence-electron chi connectivity index (χ1n) is 13.5. The van der Waals surface area contributed by atoms with Crippen LogP contribution < -0.4 is 15.4 Å². The number of aryl methyl sites for hydroxylation is 1. The van der Waals surface area contributed by atoms with Crippen LogP contribution in [-0.2, 0) is 14.3 Å². The summed E-state index contributed by atoms with van der Waals surface area (Å²) in [7, 11) is 1.56. The molecule has 2 rings (SSSR count). The van der Waals surface area contributed by atoms with Crippen molar-refractivity contribution in [2.75, 3.05) is 25.5 Å². The molecule has 2 aromatic carbocycles. The van der Waals surface area contributed by atoms with Crippen molar-refractivity contribution in [1.82, 2.24) is 10.2 Å². The molecule has 2 aromatic rings. The van der Waals surface area contributed by atoms with Gasteiger partial charge in [-0.3, -0.25) is 9.59 Å². The van der Waals surface area contributed by atoms with Crippen molar-refractivity contribution in [1.29, 1.82) is 0 Å². The molecule has 0 aliphatic rings. The number of amides is 3. The van der Waals surface area contributed by atoms with Crippen LogP contribution in [0, 0.1) is 6.92 Å². The van der Waals surface area contributed by atoms with Gasteiger partial charge in [0.2, 0.25) is 5.91 Å². The van der Waals surface area contributed by atoms with Crippen LogP contribution in [0.15, 0.2) is 42.5 Å². The smallest absolute Gasteiger partial charge is 0.408 e. The number of unbranched alkanes of at least 4 members (excludes halogenated alkanes) is 4. The highest BCUT2D eigenvalue weighted by Gasteiger charge is 2.34. The minimum atomic E-state index is -1.13. The number of phenolic OH excluding ortho intramolecular Hbond substituents is 1. The van der Waals surface area contributed by atoms with E-state index in [-0.39, 0.29) is 18.8 Å². The molecule has 0 aliphatic heterocycles. The van der Waals surface area contributed by atoms with Crippen molar-refractivity contribution in [3.63, 3.8) is 0 Å². The number of carbonyl (C=O) groups is 3. The van der Waals surface area contributed by atoms with Crippen molar-refractivity contribution in [2.24, 2.45) is 0 Å². The number of nitrogens with one attached hydrogen (secondary N) is 2. The number of nitrogens with zero attached hydrogens (tertiary/aromatic N) is 1. The maximum absolute atomic E-state index is 13.8. The fraction of sp³-hybridized carbons (Fsp3) is 0.500. The Morgan fingerprint density at radius 2 is 1.67 bits per heavy atom. The molecule has 3 amide bonds. The number of phenols is 1. The third-order valence-corrected chi connectivity index (χ3v) is 6.09. The first kappa shape index (κ1) is 31.5. The lowest BCUT2D eigenvalue weighted by atomic mass is 9.99. The highest BCUT2D eigenvalue weighted by molar-refractivity contribution is 5.98. The number of rotatable bonds is 13. The molecule has 0 spiro atoms. The SMILES string of the molecule is CCCCCCCN(C(=O)CNC(=O)OC(C)(C)C)C(C(=O)Nc1ccc(OC)cc1)c1cccc(C)c1O. The predicted octanol–water partition coefficient (Wildman–Crippen LogP) is 5.71. The summed E-state index contributed by atoms with van der Waals surface area (Å²) >= 11 is 0. The van der Waals surface area contributed by atoms with E-state index in [2.05, 4.69) is 17.6 Å². The van der Waals surface area contributed by atoms with Crippen LogP contribution in [0.4, 0.5) is 10.5 Å². The molecule has 1 unspecified atom stereocenters. The first-order chi connectivity index (χ1) is 18.5. The third kappa shape index (κ3) is 10.1. The lowest BCUT2D eigenvalue weighted by Crippen LogP contribution is -2.47. The van der Waals surface area contributed by atoms with E-state index < -0.39 is 29.6 Å². The molecule has 1 atom stereocenters. The highest BCUT2D eigenvalue weighted by atomic mass is 16.6. The fourth-order valence-corrected chi connectivity index (χ4v) is 4.08. The van der Waals surface area contributed by atoms with Crippen LogP contribution >= 0.6 is 0 Å². The van der Waals surface area contributed by atoms with Gasteiger partial charge in [-0.2, -0.15) is 0 Å². The summed E-state index contributed by atoms with van der Waals surface area (Å²) in [6.45, 7) is 8.97. The summed E-state index contributed by atoms with van der Waals surface area (Å²) in [5, 5.41) is 16.3. The molecule has 214 valence electrons. The molecular formula is C30H43N3O6. The Kier molecular flexibility index (Phi) is 12.1. The topological polar surface area (TPSA) is 117 Å². The number of ether oxygens (including phenoxy) is 2. The Morgan fingerprint density at radius 1 is 1.00 bits per heavy atom. The van der Waals surface area contributed by atoms with Crippen LogP contribution in [0.25, 0.3) is 0 Å². The zero-order chi connectivity index (χ0) is 29.0. The standard InChI is InChI=1S/C30H43N3O6/c1-7-8-9-10-11-19-33(25(34)20-31-29(37)39-30(3,4)5)26(24-14-12-13-21(2)27(24)35)28(36)32-22-15-17-23(38-6)18-16-22/h12-18,26,35H,7-11,19-20H2,1-6H3,(H,31,37)(H,32,36). The lowest BCUT2D eigenvalue weighted by molar-refractivity contribution is -0.138. The Hall–Kier alpha value is -3.75. The molecule has 9 heteroatoms. The van der Waals surface area contributed by atoms with Gasteiger partial charge in [-0.15, -0.1) is 0 Å². The zero-order valence-electron chi connectivity index (χ0n) is 24.0. The Morgan fingerprint density at radius 3 is 2.28 bits per heavy atom. The minimum Gasteiger partial charge on any atom is -0.507 e. The van der Waals surface area contributed by atoms with Gasteiger partial charge in [-0.1, -0.05) is 50.8 Å². The number of carbonyl (C=O) groups excluding carboxylic acids is 3. The molecule has 0 aliphatic carbocycles. The van der Waals surface area contributed by atoms with E-state index in [0.29, 0.717) is 29.0 Å². The van der Waals surface area contributed by atoms with E-state index in [1.54, 1.807) is 77.3 Å². The molecule has 0 bridgehead atoms. The van der Waals surface area contributed by atoms with Crippen molar-refractivity contribution >= 4 is 23.6 Å². The average Bonchev–Trinajstić information content (AvgIpc) is 2.88. The Balaban J connectivity index is 2.40. The van der Waals surface area contributed by atoms with Gasteiger partial charge >= 0.3 is 6.09 Å². The van der Waals surface area contributed by atoms with Crippen molar-refractivity contribution in [3.8, 4) is 11.5 Å². The zero-order valence-corrected chi connectivity index (χ0v) is 24.0. The van der Waals surface area contributed by atoms with Crippen LogP contribution in [0.1, 0.15) is 77.0 Å². The van der Waals surface area contributed by atoms with E-state index in [9.17, 15) is 19.5 Å². The summed E-state index contributed by atoms with van der Waals surface area (Å²) in [6.07, 6.45) is 3.98. The molecule has 0 radical (unpaired) electrons. The van der Waals surface area contributed by atoms with E-state index in [1.807, 2.05) is 0 Å². The van der Waals surface area contributed by atoms with Crippen LogP contribution in [0.3, 0.4) is 0 Å². The molecule has 39 heavy (non-hydrogen) atoms. The number of benzene rings is 2. The van der Waals surface area contributed by atoms with Gasteiger partial charge in [0.25, 0.3) is 5.91 Å². The average molecular weight is 542 g/mol. The Labute approximate surface area is 231 Å². The van der Waals surface area contributed by atoms with E-state index in [4.69, 9.17) is 9.47 Å².